The minimum Gasteiger partial charge on any atom is -0.480 e. The molecule has 2 heterocycles. The fraction of sp³-hybridized carbons (Fsp3) is 0.172. The lowest BCUT2D eigenvalue weighted by Gasteiger charge is -2.27. The van der Waals surface area contributed by atoms with Crippen LogP contribution in [0.25, 0.3) is 11.1 Å². The smallest absolute Gasteiger partial charge is 0.326 e. The topological polar surface area (TPSA) is 57.6 Å². The molecule has 0 bridgehead atoms. The minimum atomic E-state index is -0.950. The van der Waals surface area contributed by atoms with Crippen LogP contribution < -0.4 is 0 Å². The van der Waals surface area contributed by atoms with Gasteiger partial charge in [-0.05, 0) is 40.1 Å². The van der Waals surface area contributed by atoms with Crippen LogP contribution in [0.5, 0.6) is 0 Å². The standard InChI is InChI=1S/C29H25NO3S/c31-28(26(21-12-6-2-7-13-21)22-14-8-3-9-15-22)30-19-23(18-25(30)29(32)33)27-24(16-17-34-27)20-10-4-1-5-11-20/h1-17,23,25-26H,18-19H2,(H,32,33)/t23?,25-/m0/s1. The second kappa shape index (κ2) is 9.65. The lowest BCUT2D eigenvalue weighted by Crippen LogP contribution is -2.43. The van der Waals surface area contributed by atoms with Gasteiger partial charge < -0.3 is 10.0 Å². The van der Waals surface area contributed by atoms with Gasteiger partial charge in [0.1, 0.15) is 6.04 Å². The molecule has 2 atom stereocenters. The first-order valence-corrected chi connectivity index (χ1v) is 12.3. The Morgan fingerprint density at radius 3 is 1.94 bits per heavy atom. The molecule has 1 N–H and O–H groups in total. The van der Waals surface area contributed by atoms with Crippen LogP contribution in [0, 0.1) is 0 Å². The third-order valence-electron chi connectivity index (χ3n) is 6.53. The summed E-state index contributed by atoms with van der Waals surface area (Å²) in [5.41, 5.74) is 3.97. The zero-order valence-electron chi connectivity index (χ0n) is 18.6. The molecular formula is C29H25NO3S. The average Bonchev–Trinajstić information content (AvgIpc) is 3.54. The fourth-order valence-corrected chi connectivity index (χ4v) is 5.96. The molecule has 1 saturated heterocycles. The van der Waals surface area contributed by atoms with Crippen LogP contribution in [-0.2, 0) is 9.59 Å². The maximum absolute atomic E-state index is 14.0. The van der Waals surface area contributed by atoms with Gasteiger partial charge in [-0.25, -0.2) is 4.79 Å². The first kappa shape index (κ1) is 22.1. The van der Waals surface area contributed by atoms with Crippen LogP contribution in [0.15, 0.2) is 102 Å². The number of hydrogen-bond donors (Lipinski definition) is 1. The number of thiophene rings is 1. The molecule has 5 rings (SSSR count). The van der Waals surface area contributed by atoms with Gasteiger partial charge in [0.2, 0.25) is 5.91 Å². The van der Waals surface area contributed by atoms with Crippen LogP contribution in [0.3, 0.4) is 0 Å². The zero-order chi connectivity index (χ0) is 23.5. The van der Waals surface area contributed by atoms with Crippen molar-refractivity contribution in [2.45, 2.75) is 24.3 Å². The molecule has 1 aromatic heterocycles. The number of hydrogen-bond acceptors (Lipinski definition) is 3. The van der Waals surface area contributed by atoms with Gasteiger partial charge in [0.05, 0.1) is 5.92 Å². The van der Waals surface area contributed by atoms with Crippen molar-refractivity contribution < 1.29 is 14.7 Å². The largest absolute Gasteiger partial charge is 0.480 e. The van der Waals surface area contributed by atoms with E-state index in [4.69, 9.17) is 0 Å². The van der Waals surface area contributed by atoms with Crippen LogP contribution in [0.4, 0.5) is 0 Å². The summed E-state index contributed by atoms with van der Waals surface area (Å²) >= 11 is 1.64. The summed E-state index contributed by atoms with van der Waals surface area (Å²) in [6, 6.07) is 30.6. The van der Waals surface area contributed by atoms with Crippen LogP contribution in [0.2, 0.25) is 0 Å². The van der Waals surface area contributed by atoms with Crippen LogP contribution >= 0.6 is 11.3 Å². The monoisotopic (exact) mass is 467 g/mol. The van der Waals surface area contributed by atoms with Crippen molar-refractivity contribution in [2.24, 2.45) is 0 Å². The molecule has 4 nitrogen and oxygen atoms in total. The van der Waals surface area contributed by atoms with Crippen LogP contribution in [0.1, 0.15) is 34.3 Å². The molecule has 1 aliphatic heterocycles. The summed E-state index contributed by atoms with van der Waals surface area (Å²) < 4.78 is 0. The molecule has 1 fully saturated rings. The van der Waals surface area contributed by atoms with E-state index < -0.39 is 17.9 Å². The molecule has 1 aliphatic rings. The van der Waals surface area contributed by atoms with Gasteiger partial charge in [0.25, 0.3) is 0 Å². The number of amides is 1. The molecule has 0 saturated carbocycles. The summed E-state index contributed by atoms with van der Waals surface area (Å²) in [7, 11) is 0. The summed E-state index contributed by atoms with van der Waals surface area (Å²) in [5.74, 6) is -1.67. The Bertz CT molecular complexity index is 1230. The van der Waals surface area contributed by atoms with Gasteiger partial charge in [-0.3, -0.25) is 4.79 Å². The van der Waals surface area contributed by atoms with E-state index in [0.717, 1.165) is 27.1 Å². The van der Waals surface area contributed by atoms with E-state index in [0.29, 0.717) is 13.0 Å². The number of rotatable bonds is 6. The number of benzene rings is 3. The third kappa shape index (κ3) is 4.27. The highest BCUT2D eigenvalue weighted by molar-refractivity contribution is 7.10. The second-order valence-electron chi connectivity index (χ2n) is 8.60. The Hall–Kier alpha value is -3.70. The Morgan fingerprint density at radius 1 is 0.824 bits per heavy atom. The molecule has 0 radical (unpaired) electrons. The second-order valence-corrected chi connectivity index (χ2v) is 9.54. The van der Waals surface area contributed by atoms with E-state index in [1.165, 1.54) is 0 Å². The molecule has 34 heavy (non-hydrogen) atoms. The average molecular weight is 468 g/mol. The molecule has 5 heteroatoms. The van der Waals surface area contributed by atoms with Gasteiger partial charge in [-0.2, -0.15) is 0 Å². The number of carboxylic acids is 1. The number of carbonyl (C=O) groups excluding carboxylic acids is 1. The molecule has 3 aromatic carbocycles. The molecule has 170 valence electrons. The molecule has 1 unspecified atom stereocenters. The Labute approximate surface area is 203 Å². The van der Waals surface area contributed by atoms with E-state index in [2.05, 4.69) is 23.6 Å². The number of likely N-dealkylation sites (tertiary alicyclic amines) is 1. The maximum atomic E-state index is 14.0. The van der Waals surface area contributed by atoms with Crippen LogP contribution in [-0.4, -0.2) is 34.5 Å². The predicted molar refractivity (Wildman–Crippen MR) is 135 cm³/mol. The number of carboxylic acid groups (broad SMARTS) is 1. The zero-order valence-corrected chi connectivity index (χ0v) is 19.4. The Balaban J connectivity index is 1.50. The fourth-order valence-electron chi connectivity index (χ4n) is 4.93. The summed E-state index contributed by atoms with van der Waals surface area (Å²) in [6.07, 6.45) is 0.414. The van der Waals surface area contributed by atoms with Gasteiger partial charge >= 0.3 is 5.97 Å². The van der Waals surface area contributed by atoms with Crippen molar-refractivity contribution in [2.75, 3.05) is 6.54 Å². The maximum Gasteiger partial charge on any atom is 0.326 e. The minimum absolute atomic E-state index is 0.0209. The SMILES string of the molecule is O=C(O)[C@@H]1CC(c2sccc2-c2ccccc2)CN1C(=O)C(c1ccccc1)c1ccccc1. The normalized spacial score (nSPS) is 17.7. The molecule has 0 aliphatic carbocycles. The molecule has 1 amide bonds. The highest BCUT2D eigenvalue weighted by Gasteiger charge is 2.43. The van der Waals surface area contributed by atoms with Crippen molar-refractivity contribution in [3.63, 3.8) is 0 Å². The Kier molecular flexibility index (Phi) is 6.28. The number of aliphatic carboxylic acids is 1. The summed E-state index contributed by atoms with van der Waals surface area (Å²) in [5, 5.41) is 12.1. The van der Waals surface area contributed by atoms with Crippen molar-refractivity contribution in [1.82, 2.24) is 4.90 Å². The first-order chi connectivity index (χ1) is 16.6. The van der Waals surface area contributed by atoms with Crippen molar-refractivity contribution in [3.05, 3.63) is 118 Å². The van der Waals surface area contributed by atoms with Gasteiger partial charge in [-0.1, -0.05) is 91.0 Å². The molecule has 4 aromatic rings. The van der Waals surface area contributed by atoms with E-state index in [9.17, 15) is 14.7 Å². The van der Waals surface area contributed by atoms with Crippen molar-refractivity contribution in [3.8, 4) is 11.1 Å². The summed E-state index contributed by atoms with van der Waals surface area (Å²) in [4.78, 5) is 29.0. The highest BCUT2D eigenvalue weighted by atomic mass is 32.1. The van der Waals surface area contributed by atoms with Gasteiger partial charge in [0, 0.05) is 17.3 Å². The molecule has 0 spiro atoms. The van der Waals surface area contributed by atoms with Gasteiger partial charge in [0.15, 0.2) is 0 Å². The van der Waals surface area contributed by atoms with E-state index >= 15 is 0 Å². The van der Waals surface area contributed by atoms with Crippen molar-refractivity contribution in [1.29, 1.82) is 0 Å². The number of nitrogens with zero attached hydrogens (tertiary/aromatic N) is 1. The lowest BCUT2D eigenvalue weighted by molar-refractivity contribution is -0.148. The first-order valence-electron chi connectivity index (χ1n) is 11.4. The third-order valence-corrected chi connectivity index (χ3v) is 7.61. The highest BCUT2D eigenvalue weighted by Crippen LogP contribution is 2.42. The predicted octanol–water partition coefficient (Wildman–Crippen LogP) is 6.02. The van der Waals surface area contributed by atoms with E-state index in [-0.39, 0.29) is 11.8 Å². The summed E-state index contributed by atoms with van der Waals surface area (Å²) in [6.45, 7) is 0.395. The van der Waals surface area contributed by atoms with E-state index in [1.54, 1.807) is 16.2 Å². The van der Waals surface area contributed by atoms with Gasteiger partial charge in [-0.15, -0.1) is 11.3 Å². The van der Waals surface area contributed by atoms with E-state index in [1.807, 2.05) is 78.9 Å². The lowest BCUT2D eigenvalue weighted by atomic mass is 9.90. The van der Waals surface area contributed by atoms with Crippen molar-refractivity contribution >= 4 is 23.2 Å². The quantitative estimate of drug-likeness (QED) is 0.377. The number of carbonyl (C=O) groups is 2. The Morgan fingerprint density at radius 2 is 1.38 bits per heavy atom. The molecular weight excluding hydrogens is 442 g/mol.